The molecule has 26 heavy (non-hydrogen) atoms. The molecule has 0 aromatic heterocycles. The van der Waals surface area contributed by atoms with Crippen LogP contribution in [0.4, 0.5) is 0 Å². The van der Waals surface area contributed by atoms with Crippen molar-refractivity contribution in [1.29, 1.82) is 0 Å². The van der Waals surface area contributed by atoms with Crippen molar-refractivity contribution in [3.8, 4) is 0 Å². The number of rotatable bonds is 5. The lowest BCUT2D eigenvalue weighted by Gasteiger charge is -2.48. The molecule has 1 amide bonds. The molecule has 142 valence electrons. The molecule has 4 heteroatoms. The number of ether oxygens (including phenoxy) is 1. The van der Waals surface area contributed by atoms with Gasteiger partial charge in [0.1, 0.15) is 0 Å². The highest BCUT2D eigenvalue weighted by Crippen LogP contribution is 2.36. The summed E-state index contributed by atoms with van der Waals surface area (Å²) in [6, 6.07) is 8.63. The van der Waals surface area contributed by atoms with Gasteiger partial charge < -0.3 is 10.1 Å². The van der Waals surface area contributed by atoms with Gasteiger partial charge in [0.15, 0.2) is 0 Å². The largest absolute Gasteiger partial charge is 0.379 e. The van der Waals surface area contributed by atoms with E-state index in [1.807, 2.05) is 0 Å². The Morgan fingerprint density at radius 2 is 1.92 bits per heavy atom. The molecule has 1 unspecified atom stereocenters. The highest BCUT2D eigenvalue weighted by molar-refractivity contribution is 5.77. The third-order valence-electron chi connectivity index (χ3n) is 6.77. The van der Waals surface area contributed by atoms with Gasteiger partial charge in [-0.25, -0.2) is 0 Å². The standard InChI is InChI=1S/C22H32N2O2/c25-21(16-19-9-8-18-6-2-3-7-20(18)19)23-17-22(10-4-1-5-11-22)24-12-14-26-15-13-24/h2-3,6-7,19H,1,4-5,8-17H2,(H,23,25). The van der Waals surface area contributed by atoms with Gasteiger partial charge in [0.05, 0.1) is 13.2 Å². The molecule has 1 aromatic rings. The Labute approximate surface area is 157 Å². The molecular weight excluding hydrogens is 324 g/mol. The zero-order chi connectivity index (χ0) is 17.8. The Bertz CT molecular complexity index is 618. The second-order valence-corrected chi connectivity index (χ2v) is 8.30. The molecule has 4 nitrogen and oxygen atoms in total. The van der Waals surface area contributed by atoms with Crippen molar-refractivity contribution < 1.29 is 9.53 Å². The van der Waals surface area contributed by atoms with Crippen LogP contribution in [0.3, 0.4) is 0 Å². The number of morpholine rings is 1. The van der Waals surface area contributed by atoms with Crippen molar-refractivity contribution in [1.82, 2.24) is 10.2 Å². The Kier molecular flexibility index (Phi) is 5.60. The van der Waals surface area contributed by atoms with E-state index in [4.69, 9.17) is 4.74 Å². The minimum absolute atomic E-state index is 0.158. The van der Waals surface area contributed by atoms with Gasteiger partial charge in [0.25, 0.3) is 0 Å². The molecule has 1 saturated carbocycles. The van der Waals surface area contributed by atoms with Crippen molar-refractivity contribution in [3.63, 3.8) is 0 Å². The normalized spacial score (nSPS) is 25.6. The number of amides is 1. The van der Waals surface area contributed by atoms with E-state index >= 15 is 0 Å². The van der Waals surface area contributed by atoms with Gasteiger partial charge >= 0.3 is 0 Å². The Balaban J connectivity index is 1.36. The number of carbonyl (C=O) groups is 1. The van der Waals surface area contributed by atoms with Gasteiger partial charge in [-0.3, -0.25) is 9.69 Å². The van der Waals surface area contributed by atoms with Crippen molar-refractivity contribution in [3.05, 3.63) is 35.4 Å². The fraction of sp³-hybridized carbons (Fsp3) is 0.682. The van der Waals surface area contributed by atoms with Gasteiger partial charge in [-0.1, -0.05) is 43.5 Å². The third kappa shape index (κ3) is 3.81. The molecule has 0 spiro atoms. The molecule has 2 fully saturated rings. The van der Waals surface area contributed by atoms with Crippen LogP contribution >= 0.6 is 0 Å². The number of carbonyl (C=O) groups excluding carboxylic acids is 1. The molecule has 1 heterocycles. The molecule has 0 bridgehead atoms. The second kappa shape index (κ2) is 8.10. The summed E-state index contributed by atoms with van der Waals surface area (Å²) < 4.78 is 5.55. The number of hydrogen-bond donors (Lipinski definition) is 1. The molecule has 3 aliphatic rings. The van der Waals surface area contributed by atoms with E-state index in [9.17, 15) is 4.79 Å². The van der Waals surface area contributed by atoms with Crippen LogP contribution in [0.5, 0.6) is 0 Å². The summed E-state index contributed by atoms with van der Waals surface area (Å²) in [7, 11) is 0. The highest BCUT2D eigenvalue weighted by Gasteiger charge is 2.39. The fourth-order valence-electron chi connectivity index (χ4n) is 5.27. The van der Waals surface area contributed by atoms with E-state index in [1.54, 1.807) is 0 Å². The Morgan fingerprint density at radius 1 is 1.15 bits per heavy atom. The maximum Gasteiger partial charge on any atom is 0.220 e. The number of benzene rings is 1. The van der Waals surface area contributed by atoms with E-state index in [0.717, 1.165) is 45.7 Å². The Morgan fingerprint density at radius 3 is 2.73 bits per heavy atom. The first-order valence-electron chi connectivity index (χ1n) is 10.4. The van der Waals surface area contributed by atoms with Crippen molar-refractivity contribution in [2.45, 2.75) is 62.8 Å². The molecule has 0 radical (unpaired) electrons. The summed E-state index contributed by atoms with van der Waals surface area (Å²) in [6.07, 6.45) is 9.17. The third-order valence-corrected chi connectivity index (χ3v) is 6.77. The molecule has 1 saturated heterocycles. The minimum atomic E-state index is 0.158. The predicted octanol–water partition coefficient (Wildman–Crippen LogP) is 3.26. The lowest BCUT2D eigenvalue weighted by atomic mass is 9.79. The SMILES string of the molecule is O=C(CC1CCc2ccccc21)NCC1(N2CCOCC2)CCCCC1. The maximum absolute atomic E-state index is 12.7. The van der Waals surface area contributed by atoms with Gasteiger partial charge in [-0.15, -0.1) is 0 Å². The highest BCUT2D eigenvalue weighted by atomic mass is 16.5. The average molecular weight is 357 g/mol. The fourth-order valence-corrected chi connectivity index (χ4v) is 5.27. The monoisotopic (exact) mass is 356 g/mol. The zero-order valence-electron chi connectivity index (χ0n) is 15.8. The molecule has 1 aliphatic heterocycles. The van der Waals surface area contributed by atoms with Crippen LogP contribution in [-0.4, -0.2) is 49.2 Å². The van der Waals surface area contributed by atoms with Crippen molar-refractivity contribution >= 4 is 5.91 Å². The van der Waals surface area contributed by atoms with Gasteiger partial charge in [-0.2, -0.15) is 0 Å². The quantitative estimate of drug-likeness (QED) is 0.880. The Hall–Kier alpha value is -1.39. The van der Waals surface area contributed by atoms with Crippen LogP contribution in [0.15, 0.2) is 24.3 Å². The number of aryl methyl sites for hydroxylation is 1. The lowest BCUT2D eigenvalue weighted by Crippen LogP contribution is -2.59. The van der Waals surface area contributed by atoms with Crippen LogP contribution in [0.25, 0.3) is 0 Å². The zero-order valence-corrected chi connectivity index (χ0v) is 15.8. The molecule has 4 rings (SSSR count). The molecule has 1 N–H and O–H groups in total. The summed E-state index contributed by atoms with van der Waals surface area (Å²) in [5.41, 5.74) is 2.98. The molecule has 2 aliphatic carbocycles. The number of fused-ring (bicyclic) bond motifs is 1. The summed E-state index contributed by atoms with van der Waals surface area (Å²) in [5.74, 6) is 0.627. The first-order valence-corrected chi connectivity index (χ1v) is 10.4. The summed E-state index contributed by atoms with van der Waals surface area (Å²) in [5, 5.41) is 3.33. The summed E-state index contributed by atoms with van der Waals surface area (Å²) in [6.45, 7) is 4.47. The molecule has 1 atom stereocenters. The van der Waals surface area contributed by atoms with Crippen molar-refractivity contribution in [2.24, 2.45) is 0 Å². The van der Waals surface area contributed by atoms with E-state index in [0.29, 0.717) is 12.3 Å². The van der Waals surface area contributed by atoms with Gasteiger partial charge in [0.2, 0.25) is 5.91 Å². The summed E-state index contributed by atoms with van der Waals surface area (Å²) in [4.78, 5) is 15.3. The number of nitrogens with one attached hydrogen (secondary N) is 1. The van der Waals surface area contributed by atoms with E-state index in [1.165, 1.54) is 43.2 Å². The van der Waals surface area contributed by atoms with Crippen LogP contribution < -0.4 is 5.32 Å². The van der Waals surface area contributed by atoms with Gasteiger partial charge in [-0.05, 0) is 42.7 Å². The van der Waals surface area contributed by atoms with Crippen LogP contribution in [0.2, 0.25) is 0 Å². The van der Waals surface area contributed by atoms with E-state index in [2.05, 4.69) is 34.5 Å². The second-order valence-electron chi connectivity index (χ2n) is 8.30. The average Bonchev–Trinajstić information content (AvgIpc) is 3.11. The molecular formula is C22H32N2O2. The number of hydrogen-bond acceptors (Lipinski definition) is 3. The minimum Gasteiger partial charge on any atom is -0.379 e. The topological polar surface area (TPSA) is 41.6 Å². The summed E-state index contributed by atoms with van der Waals surface area (Å²) >= 11 is 0. The molecule has 1 aromatic carbocycles. The van der Waals surface area contributed by atoms with E-state index in [-0.39, 0.29) is 11.4 Å². The van der Waals surface area contributed by atoms with Crippen LogP contribution in [-0.2, 0) is 16.0 Å². The van der Waals surface area contributed by atoms with Crippen molar-refractivity contribution in [2.75, 3.05) is 32.8 Å². The first-order chi connectivity index (χ1) is 12.8. The van der Waals surface area contributed by atoms with Crippen LogP contribution in [0, 0.1) is 0 Å². The van der Waals surface area contributed by atoms with E-state index < -0.39 is 0 Å². The van der Waals surface area contributed by atoms with Gasteiger partial charge in [0, 0.05) is 31.6 Å². The maximum atomic E-state index is 12.7. The first kappa shape index (κ1) is 18.0. The number of nitrogens with zero attached hydrogens (tertiary/aromatic N) is 1. The van der Waals surface area contributed by atoms with Crippen LogP contribution in [0.1, 0.15) is 62.0 Å². The predicted molar refractivity (Wildman–Crippen MR) is 103 cm³/mol. The smallest absolute Gasteiger partial charge is 0.220 e. The lowest BCUT2D eigenvalue weighted by molar-refractivity contribution is -0.122.